The minimum Gasteiger partial charge on any atom is -0.351 e. The Morgan fingerprint density at radius 3 is 3.00 bits per heavy atom. The first-order valence-electron chi connectivity index (χ1n) is 9.08. The molecule has 0 saturated heterocycles. The van der Waals surface area contributed by atoms with Gasteiger partial charge in [0.05, 0.1) is 12.7 Å². The molecule has 0 bridgehead atoms. The molecule has 5 rings (SSSR count). The summed E-state index contributed by atoms with van der Waals surface area (Å²) in [4.78, 5) is 21.0. The lowest BCUT2D eigenvalue weighted by atomic mass is 10.2. The average molecular weight is 417 g/mol. The molecule has 10 heteroatoms. The Morgan fingerprint density at radius 1 is 1.20 bits per heavy atom. The highest BCUT2D eigenvalue weighted by atomic mass is 32.1. The van der Waals surface area contributed by atoms with E-state index in [0.717, 1.165) is 16.7 Å². The molecular formula is C20H15N7O2S. The van der Waals surface area contributed by atoms with Crippen molar-refractivity contribution in [3.63, 3.8) is 0 Å². The van der Waals surface area contributed by atoms with Gasteiger partial charge in [-0.2, -0.15) is 0 Å². The molecule has 148 valence electrons. The van der Waals surface area contributed by atoms with Crippen molar-refractivity contribution >= 4 is 40.1 Å². The molecule has 1 aliphatic heterocycles. The quantitative estimate of drug-likeness (QED) is 0.507. The third-order valence-corrected chi connectivity index (χ3v) is 5.38. The number of rotatable bonds is 5. The molecule has 0 unspecified atom stereocenters. The molecule has 1 aliphatic rings. The molecule has 0 spiro atoms. The zero-order valence-corrected chi connectivity index (χ0v) is 16.6. The van der Waals surface area contributed by atoms with Gasteiger partial charge in [0.15, 0.2) is 0 Å². The summed E-state index contributed by atoms with van der Waals surface area (Å²) >= 11 is 1.39. The van der Waals surface area contributed by atoms with E-state index in [0.29, 0.717) is 33.8 Å². The molecule has 4 aromatic rings. The van der Waals surface area contributed by atoms with E-state index in [1.54, 1.807) is 13.0 Å². The van der Waals surface area contributed by atoms with Gasteiger partial charge in [0, 0.05) is 40.4 Å². The molecule has 0 radical (unpaired) electrons. The van der Waals surface area contributed by atoms with E-state index >= 15 is 0 Å². The number of fused-ring (bicyclic) bond motifs is 1. The second-order valence-electron chi connectivity index (χ2n) is 6.65. The molecule has 2 N–H and O–H groups in total. The predicted octanol–water partition coefficient (Wildman–Crippen LogP) is 3.82. The van der Waals surface area contributed by atoms with E-state index < -0.39 is 0 Å². The molecule has 0 atom stereocenters. The molecule has 4 heterocycles. The number of aromatic nitrogens is 4. The molecule has 0 aliphatic carbocycles. The zero-order chi connectivity index (χ0) is 20.5. The number of hydrogen-bond donors (Lipinski definition) is 2. The standard InChI is InChI=1S/C20H15N7O2S/c1-11-7-23-29-17(11)18(28)24-15-4-2-3-12(5-15)19-26-27-20(30-19)25-16-6-13-8-21-9-14(13)10-22-16/h2-8,10H,9H2,1H3,(H,24,28)(H,22,25,27). The van der Waals surface area contributed by atoms with Crippen LogP contribution in [0.1, 0.15) is 27.2 Å². The minimum atomic E-state index is -0.354. The second-order valence-corrected chi connectivity index (χ2v) is 7.63. The highest BCUT2D eigenvalue weighted by molar-refractivity contribution is 7.18. The lowest BCUT2D eigenvalue weighted by molar-refractivity contribution is 0.0987. The molecule has 30 heavy (non-hydrogen) atoms. The topological polar surface area (TPSA) is 118 Å². The number of hydrogen-bond acceptors (Lipinski definition) is 9. The van der Waals surface area contributed by atoms with Crippen molar-refractivity contribution in [2.45, 2.75) is 13.5 Å². The number of nitrogens with one attached hydrogen (secondary N) is 2. The number of benzene rings is 1. The van der Waals surface area contributed by atoms with Crippen LogP contribution in [-0.4, -0.2) is 32.5 Å². The maximum absolute atomic E-state index is 12.3. The maximum Gasteiger partial charge on any atom is 0.294 e. The maximum atomic E-state index is 12.3. The van der Waals surface area contributed by atoms with Crippen LogP contribution in [0, 0.1) is 6.92 Å². The van der Waals surface area contributed by atoms with Gasteiger partial charge in [0.1, 0.15) is 10.8 Å². The summed E-state index contributed by atoms with van der Waals surface area (Å²) in [6, 6.07) is 9.31. The molecule has 3 aromatic heterocycles. The second kappa shape index (κ2) is 7.48. The summed E-state index contributed by atoms with van der Waals surface area (Å²) < 4.78 is 5.00. The molecule has 9 nitrogen and oxygen atoms in total. The van der Waals surface area contributed by atoms with Gasteiger partial charge in [0.2, 0.25) is 10.9 Å². The minimum absolute atomic E-state index is 0.190. The summed E-state index contributed by atoms with van der Waals surface area (Å²) in [5.41, 5.74) is 4.30. The molecule has 0 saturated carbocycles. The Kier molecular flexibility index (Phi) is 4.52. The van der Waals surface area contributed by atoms with Gasteiger partial charge in [-0.15, -0.1) is 10.2 Å². The fourth-order valence-electron chi connectivity index (χ4n) is 2.99. The van der Waals surface area contributed by atoms with Crippen molar-refractivity contribution in [3.05, 3.63) is 65.2 Å². The van der Waals surface area contributed by atoms with E-state index in [4.69, 9.17) is 4.52 Å². The highest BCUT2D eigenvalue weighted by Gasteiger charge is 2.15. The summed E-state index contributed by atoms with van der Waals surface area (Å²) in [7, 11) is 0. The first-order valence-corrected chi connectivity index (χ1v) is 9.90. The Labute approximate surface area is 174 Å². The highest BCUT2D eigenvalue weighted by Crippen LogP contribution is 2.30. The van der Waals surface area contributed by atoms with Gasteiger partial charge in [-0.1, -0.05) is 28.6 Å². The van der Waals surface area contributed by atoms with Crippen LogP contribution < -0.4 is 10.6 Å². The Bertz CT molecular complexity index is 1280. The fourth-order valence-corrected chi connectivity index (χ4v) is 3.74. The van der Waals surface area contributed by atoms with Gasteiger partial charge in [-0.25, -0.2) is 4.98 Å². The third kappa shape index (κ3) is 3.55. The number of anilines is 3. The molecular weight excluding hydrogens is 402 g/mol. The first-order chi connectivity index (χ1) is 14.7. The SMILES string of the molecule is Cc1cnoc1C(=O)Nc1cccc(-c2nnc(Nc3cc4c(cn3)CN=C4)s2)c1. The summed E-state index contributed by atoms with van der Waals surface area (Å²) in [6.45, 7) is 2.44. The lowest BCUT2D eigenvalue weighted by Crippen LogP contribution is -2.12. The van der Waals surface area contributed by atoms with Crippen LogP contribution in [-0.2, 0) is 6.54 Å². The molecule has 1 amide bonds. The van der Waals surface area contributed by atoms with Crippen LogP contribution in [0.25, 0.3) is 10.6 Å². The Hall–Kier alpha value is -3.92. The largest absolute Gasteiger partial charge is 0.351 e. The Morgan fingerprint density at radius 2 is 2.13 bits per heavy atom. The van der Waals surface area contributed by atoms with Crippen LogP contribution >= 0.6 is 11.3 Å². The normalized spacial score (nSPS) is 12.0. The van der Waals surface area contributed by atoms with Crippen molar-refractivity contribution in [1.29, 1.82) is 0 Å². The average Bonchev–Trinajstić information content (AvgIpc) is 3.48. The third-order valence-electron chi connectivity index (χ3n) is 4.50. The summed E-state index contributed by atoms with van der Waals surface area (Å²) in [5, 5.41) is 19.4. The number of carbonyl (C=O) groups is 1. The van der Waals surface area contributed by atoms with Crippen LogP contribution in [0.2, 0.25) is 0 Å². The lowest BCUT2D eigenvalue weighted by Gasteiger charge is -2.05. The van der Waals surface area contributed by atoms with Crippen LogP contribution in [0.3, 0.4) is 0 Å². The number of pyridine rings is 1. The van der Waals surface area contributed by atoms with Gasteiger partial charge < -0.3 is 15.2 Å². The van der Waals surface area contributed by atoms with Crippen LogP contribution in [0.5, 0.6) is 0 Å². The van der Waals surface area contributed by atoms with E-state index in [1.165, 1.54) is 17.5 Å². The number of carbonyl (C=O) groups excluding carboxylic acids is 1. The van der Waals surface area contributed by atoms with Crippen LogP contribution in [0.4, 0.5) is 16.6 Å². The van der Waals surface area contributed by atoms with E-state index in [1.807, 2.05) is 36.7 Å². The summed E-state index contributed by atoms with van der Waals surface area (Å²) in [5.74, 6) is 0.524. The van der Waals surface area contributed by atoms with E-state index in [-0.39, 0.29) is 11.7 Å². The van der Waals surface area contributed by atoms with Gasteiger partial charge in [0.25, 0.3) is 5.91 Å². The fraction of sp³-hybridized carbons (Fsp3) is 0.100. The van der Waals surface area contributed by atoms with E-state index in [2.05, 4.69) is 36.0 Å². The van der Waals surface area contributed by atoms with Crippen molar-refractivity contribution < 1.29 is 9.32 Å². The van der Waals surface area contributed by atoms with E-state index in [9.17, 15) is 4.79 Å². The Balaban J connectivity index is 1.32. The first kappa shape index (κ1) is 18.1. The van der Waals surface area contributed by atoms with Crippen LogP contribution in [0.15, 0.2) is 52.2 Å². The van der Waals surface area contributed by atoms with Crippen molar-refractivity contribution in [3.8, 4) is 10.6 Å². The van der Waals surface area contributed by atoms with Crippen molar-refractivity contribution in [2.75, 3.05) is 10.6 Å². The predicted molar refractivity (Wildman–Crippen MR) is 113 cm³/mol. The van der Waals surface area contributed by atoms with Gasteiger partial charge in [-0.3, -0.25) is 9.79 Å². The summed E-state index contributed by atoms with van der Waals surface area (Å²) in [6.07, 6.45) is 5.16. The number of amides is 1. The molecule has 0 fully saturated rings. The zero-order valence-electron chi connectivity index (χ0n) is 15.8. The van der Waals surface area contributed by atoms with Crippen molar-refractivity contribution in [2.24, 2.45) is 4.99 Å². The van der Waals surface area contributed by atoms with Gasteiger partial charge in [-0.05, 0) is 25.1 Å². The molecule has 1 aromatic carbocycles. The number of nitrogens with zero attached hydrogens (tertiary/aromatic N) is 5. The number of aliphatic imine (C=N–C) groups is 1. The number of aryl methyl sites for hydroxylation is 1. The smallest absolute Gasteiger partial charge is 0.294 e. The van der Waals surface area contributed by atoms with Gasteiger partial charge >= 0.3 is 0 Å². The monoisotopic (exact) mass is 417 g/mol. The van der Waals surface area contributed by atoms with Crippen molar-refractivity contribution in [1.82, 2.24) is 20.3 Å².